The largest absolute Gasteiger partial charge is 0.336 e. The van der Waals surface area contributed by atoms with Crippen LogP contribution in [0.1, 0.15) is 40.5 Å². The summed E-state index contributed by atoms with van der Waals surface area (Å²) in [7, 11) is 0. The summed E-state index contributed by atoms with van der Waals surface area (Å²) in [5.74, 6) is 2.27. The Hall–Kier alpha value is -0.0417. The molecular formula is C12H23N2OW-. The fourth-order valence-electron chi connectivity index (χ4n) is 1.91. The Bertz CT molecular complexity index is 211. The first-order valence-electron chi connectivity index (χ1n) is 5.90. The van der Waals surface area contributed by atoms with Crippen molar-refractivity contribution in [1.82, 2.24) is 10.2 Å². The standard InChI is InChI=1S/C12H23N2O.W/c1-9(2)11-5-7-14(8-6-11)12(15)13-10(3)4;/h9-10H,5-8H2,1-4H3,(H,13,15);/q-1;. The summed E-state index contributed by atoms with van der Waals surface area (Å²) in [6.45, 7) is 10.2. The van der Waals surface area contributed by atoms with Crippen LogP contribution in [-0.2, 0) is 21.1 Å². The van der Waals surface area contributed by atoms with Gasteiger partial charge >= 0.3 is 6.03 Å². The average molecular weight is 395 g/mol. The maximum Gasteiger partial charge on any atom is 0.317 e. The maximum absolute atomic E-state index is 11.7. The van der Waals surface area contributed by atoms with Crippen molar-refractivity contribution in [2.75, 3.05) is 13.1 Å². The minimum absolute atomic E-state index is 0. The molecular weight excluding hydrogens is 372 g/mol. The second-order valence-electron chi connectivity index (χ2n) is 4.90. The van der Waals surface area contributed by atoms with Gasteiger partial charge in [-0.25, -0.2) is 4.79 Å². The van der Waals surface area contributed by atoms with Crippen molar-refractivity contribution in [2.24, 2.45) is 5.92 Å². The smallest absolute Gasteiger partial charge is 0.317 e. The summed E-state index contributed by atoms with van der Waals surface area (Å²) in [6.07, 6.45) is 2.15. The van der Waals surface area contributed by atoms with Crippen molar-refractivity contribution < 1.29 is 25.9 Å². The molecule has 0 aromatic heterocycles. The van der Waals surface area contributed by atoms with Crippen LogP contribution in [0.4, 0.5) is 4.79 Å². The van der Waals surface area contributed by atoms with E-state index in [4.69, 9.17) is 0 Å². The van der Waals surface area contributed by atoms with Crippen LogP contribution in [-0.4, -0.2) is 30.1 Å². The summed E-state index contributed by atoms with van der Waals surface area (Å²) in [5, 5.41) is 2.93. The molecule has 0 saturated carbocycles. The van der Waals surface area contributed by atoms with Gasteiger partial charge < -0.3 is 16.1 Å². The molecule has 1 aliphatic heterocycles. The van der Waals surface area contributed by atoms with Crippen molar-refractivity contribution in [2.45, 2.75) is 46.6 Å². The van der Waals surface area contributed by atoms with E-state index in [1.54, 1.807) is 5.92 Å². The molecule has 94 valence electrons. The van der Waals surface area contributed by atoms with Gasteiger partial charge in [-0.2, -0.15) is 18.8 Å². The molecule has 0 bridgehead atoms. The molecule has 3 nitrogen and oxygen atoms in total. The Morgan fingerprint density at radius 3 is 2.06 bits per heavy atom. The molecule has 1 rings (SSSR count). The van der Waals surface area contributed by atoms with Crippen molar-refractivity contribution in [1.29, 1.82) is 0 Å². The monoisotopic (exact) mass is 395 g/mol. The van der Waals surface area contributed by atoms with E-state index in [-0.39, 0.29) is 33.1 Å². The molecule has 1 heterocycles. The summed E-state index contributed by atoms with van der Waals surface area (Å²) >= 11 is 0. The first-order chi connectivity index (χ1) is 7.00. The first kappa shape index (κ1) is 16.0. The van der Waals surface area contributed by atoms with Gasteiger partial charge in [0.25, 0.3) is 0 Å². The minimum Gasteiger partial charge on any atom is -0.336 e. The second-order valence-corrected chi connectivity index (χ2v) is 4.90. The Morgan fingerprint density at radius 2 is 1.69 bits per heavy atom. The molecule has 0 aromatic carbocycles. The number of rotatable bonds is 2. The first-order valence-corrected chi connectivity index (χ1v) is 5.90. The van der Waals surface area contributed by atoms with E-state index >= 15 is 0 Å². The van der Waals surface area contributed by atoms with Gasteiger partial charge in [-0.15, -0.1) is 0 Å². The van der Waals surface area contributed by atoms with Crippen LogP contribution in [0, 0.1) is 11.8 Å². The Morgan fingerprint density at radius 1 is 1.19 bits per heavy atom. The number of amides is 2. The number of piperidine rings is 1. The molecule has 0 aliphatic carbocycles. The summed E-state index contributed by atoms with van der Waals surface area (Å²) in [4.78, 5) is 13.6. The summed E-state index contributed by atoms with van der Waals surface area (Å²) < 4.78 is 0. The van der Waals surface area contributed by atoms with Crippen LogP contribution in [0.3, 0.4) is 0 Å². The predicted octanol–water partition coefficient (Wildman–Crippen LogP) is 2.43. The van der Waals surface area contributed by atoms with Crippen LogP contribution >= 0.6 is 0 Å². The molecule has 1 saturated heterocycles. The third kappa shape index (κ3) is 4.86. The quantitative estimate of drug-likeness (QED) is 0.716. The fraction of sp³-hybridized carbons (Fsp3) is 0.833. The van der Waals surface area contributed by atoms with Gasteiger partial charge in [0.15, 0.2) is 0 Å². The van der Waals surface area contributed by atoms with Crippen LogP contribution in [0.2, 0.25) is 0 Å². The van der Waals surface area contributed by atoms with Gasteiger partial charge in [0.05, 0.1) is 0 Å². The minimum atomic E-state index is 0. The number of hydrogen-bond acceptors (Lipinski definition) is 1. The van der Waals surface area contributed by atoms with Crippen LogP contribution in [0.5, 0.6) is 0 Å². The molecule has 0 aromatic rings. The molecule has 4 heteroatoms. The average Bonchev–Trinajstić information content (AvgIpc) is 2.17. The summed E-state index contributed by atoms with van der Waals surface area (Å²) in [5.41, 5.74) is 0. The molecule has 0 atom stereocenters. The number of nitrogens with zero attached hydrogens (tertiary/aromatic N) is 1. The van der Waals surface area contributed by atoms with E-state index < -0.39 is 0 Å². The zero-order valence-electron chi connectivity index (χ0n) is 10.7. The van der Waals surface area contributed by atoms with E-state index in [1.807, 2.05) is 18.7 Å². The van der Waals surface area contributed by atoms with E-state index in [1.165, 1.54) is 0 Å². The van der Waals surface area contributed by atoms with Crippen molar-refractivity contribution >= 4 is 6.03 Å². The van der Waals surface area contributed by atoms with E-state index in [2.05, 4.69) is 19.2 Å². The Labute approximate surface area is 114 Å². The van der Waals surface area contributed by atoms with Gasteiger partial charge in [-0.05, 0) is 26.9 Å². The van der Waals surface area contributed by atoms with Crippen molar-refractivity contribution in [3.8, 4) is 0 Å². The SMILES string of the molecule is CC(C)NC(=O)N1CC[C-](C(C)C)CC1.[W]. The van der Waals surface area contributed by atoms with E-state index in [0.717, 1.165) is 25.9 Å². The number of carbonyl (C=O) groups is 1. The normalized spacial score (nSPS) is 17.5. The van der Waals surface area contributed by atoms with Gasteiger partial charge in [0.2, 0.25) is 0 Å². The zero-order valence-corrected chi connectivity index (χ0v) is 13.7. The third-order valence-electron chi connectivity index (χ3n) is 2.92. The molecule has 1 N–H and O–H groups in total. The number of carbonyl (C=O) groups excluding carboxylic acids is 1. The van der Waals surface area contributed by atoms with Crippen LogP contribution < -0.4 is 5.32 Å². The van der Waals surface area contributed by atoms with Crippen molar-refractivity contribution in [3.63, 3.8) is 0 Å². The topological polar surface area (TPSA) is 32.3 Å². The van der Waals surface area contributed by atoms with Crippen LogP contribution in [0.15, 0.2) is 0 Å². The Balaban J connectivity index is 0.00000225. The van der Waals surface area contributed by atoms with E-state index in [9.17, 15) is 4.79 Å². The van der Waals surface area contributed by atoms with E-state index in [0.29, 0.717) is 5.92 Å². The third-order valence-corrected chi connectivity index (χ3v) is 2.92. The molecule has 1 aliphatic rings. The molecule has 1 fully saturated rings. The predicted molar refractivity (Wildman–Crippen MR) is 62.6 cm³/mol. The summed E-state index contributed by atoms with van der Waals surface area (Å²) in [6, 6.07) is 0.320. The Kier molecular flexibility index (Phi) is 7.30. The van der Waals surface area contributed by atoms with Gasteiger partial charge in [0, 0.05) is 27.1 Å². The molecule has 16 heavy (non-hydrogen) atoms. The fourth-order valence-corrected chi connectivity index (χ4v) is 1.91. The molecule has 0 unspecified atom stereocenters. The number of likely N-dealkylation sites (tertiary alicyclic amines) is 1. The van der Waals surface area contributed by atoms with Crippen LogP contribution in [0.25, 0.3) is 0 Å². The maximum atomic E-state index is 11.7. The molecule has 0 spiro atoms. The van der Waals surface area contributed by atoms with Gasteiger partial charge in [0.1, 0.15) is 0 Å². The van der Waals surface area contributed by atoms with Gasteiger partial charge in [-0.1, -0.05) is 13.8 Å². The number of urea groups is 1. The van der Waals surface area contributed by atoms with Crippen molar-refractivity contribution in [3.05, 3.63) is 5.92 Å². The second kappa shape index (κ2) is 7.32. The zero-order chi connectivity index (χ0) is 11.4. The number of nitrogens with one attached hydrogen (secondary N) is 1. The molecule has 2 amide bonds. The number of hydrogen-bond donors (Lipinski definition) is 1. The molecule has 0 radical (unpaired) electrons. The van der Waals surface area contributed by atoms with Gasteiger partial charge in [-0.3, -0.25) is 0 Å².